The molecule has 0 unspecified atom stereocenters. The van der Waals surface area contributed by atoms with Crippen molar-refractivity contribution in [2.75, 3.05) is 7.11 Å². The van der Waals surface area contributed by atoms with E-state index in [1.165, 1.54) is 18.4 Å². The first kappa shape index (κ1) is 15.9. The van der Waals surface area contributed by atoms with Crippen molar-refractivity contribution in [1.29, 1.82) is 0 Å². The van der Waals surface area contributed by atoms with Crippen LogP contribution in [0.2, 0.25) is 0 Å². The minimum Gasteiger partial charge on any atom is -0.468 e. The third-order valence-electron chi connectivity index (χ3n) is 4.40. The van der Waals surface area contributed by atoms with Gasteiger partial charge in [-0.3, -0.25) is 14.9 Å². The highest BCUT2D eigenvalue weighted by atomic mass is 32.1. The average Bonchev–Trinajstić information content (AvgIpc) is 3.23. The molecule has 1 saturated heterocycles. The Morgan fingerprint density at radius 3 is 2.57 bits per heavy atom. The second-order valence-corrected chi connectivity index (χ2v) is 6.96. The van der Waals surface area contributed by atoms with Gasteiger partial charge in [0.05, 0.1) is 12.0 Å². The highest BCUT2D eigenvalue weighted by Gasteiger charge is 2.50. The Labute approximate surface area is 139 Å². The molecule has 2 aromatic rings. The fourth-order valence-corrected chi connectivity index (χ4v) is 3.98. The molecular formula is C18H19NO3S. The lowest BCUT2D eigenvalue weighted by Crippen LogP contribution is -2.45. The molecule has 0 aliphatic carbocycles. The number of ether oxygens (including phenoxy) is 1. The highest BCUT2D eigenvalue weighted by molar-refractivity contribution is 7.12. The van der Waals surface area contributed by atoms with Gasteiger partial charge >= 0.3 is 5.97 Å². The summed E-state index contributed by atoms with van der Waals surface area (Å²) < 4.78 is 4.93. The zero-order chi connectivity index (χ0) is 16.4. The SMILES string of the molecule is COC(=O)[C@@]1(C)C[C@@H](C(=O)c2cccs2)[C@@H](c2ccccc2)N1. The van der Waals surface area contributed by atoms with Crippen LogP contribution in [0, 0.1) is 5.92 Å². The molecule has 23 heavy (non-hydrogen) atoms. The molecule has 2 heterocycles. The molecule has 0 saturated carbocycles. The quantitative estimate of drug-likeness (QED) is 0.691. The Balaban J connectivity index is 1.97. The molecule has 0 amide bonds. The molecule has 1 aliphatic rings. The van der Waals surface area contributed by atoms with Crippen LogP contribution in [-0.2, 0) is 9.53 Å². The zero-order valence-electron chi connectivity index (χ0n) is 13.1. The summed E-state index contributed by atoms with van der Waals surface area (Å²) in [5, 5.41) is 5.23. The second kappa shape index (κ2) is 6.26. The van der Waals surface area contributed by atoms with Gasteiger partial charge in [0.2, 0.25) is 0 Å². The van der Waals surface area contributed by atoms with E-state index in [4.69, 9.17) is 4.74 Å². The number of hydrogen-bond acceptors (Lipinski definition) is 5. The van der Waals surface area contributed by atoms with E-state index < -0.39 is 5.54 Å². The van der Waals surface area contributed by atoms with Crippen molar-refractivity contribution in [2.45, 2.75) is 24.9 Å². The van der Waals surface area contributed by atoms with Gasteiger partial charge in [0, 0.05) is 12.0 Å². The Morgan fingerprint density at radius 2 is 1.96 bits per heavy atom. The largest absolute Gasteiger partial charge is 0.468 e. The van der Waals surface area contributed by atoms with Crippen LogP contribution in [0.4, 0.5) is 0 Å². The number of esters is 1. The number of Topliss-reactive ketones (excluding diaryl/α,β-unsaturated/α-hetero) is 1. The van der Waals surface area contributed by atoms with Gasteiger partial charge in [0.15, 0.2) is 5.78 Å². The highest BCUT2D eigenvalue weighted by Crippen LogP contribution is 2.40. The summed E-state index contributed by atoms with van der Waals surface area (Å²) in [6.07, 6.45) is 0.427. The van der Waals surface area contributed by atoms with Gasteiger partial charge < -0.3 is 4.74 Å². The van der Waals surface area contributed by atoms with Crippen molar-refractivity contribution in [3.05, 3.63) is 58.3 Å². The lowest BCUT2D eigenvalue weighted by molar-refractivity contribution is -0.147. The molecule has 1 aromatic carbocycles. The molecule has 1 fully saturated rings. The summed E-state index contributed by atoms with van der Waals surface area (Å²) in [6, 6.07) is 13.3. The molecule has 0 bridgehead atoms. The van der Waals surface area contributed by atoms with Crippen LogP contribution in [-0.4, -0.2) is 24.4 Å². The van der Waals surface area contributed by atoms with E-state index in [0.29, 0.717) is 6.42 Å². The molecule has 120 valence electrons. The molecule has 1 N–H and O–H groups in total. The van der Waals surface area contributed by atoms with Gasteiger partial charge in [-0.1, -0.05) is 36.4 Å². The number of nitrogens with one attached hydrogen (secondary N) is 1. The molecule has 5 heteroatoms. The number of methoxy groups -OCH3 is 1. The van der Waals surface area contributed by atoms with E-state index in [9.17, 15) is 9.59 Å². The number of carbonyl (C=O) groups excluding carboxylic acids is 2. The number of carbonyl (C=O) groups is 2. The second-order valence-electron chi connectivity index (χ2n) is 6.01. The Morgan fingerprint density at radius 1 is 1.22 bits per heavy atom. The van der Waals surface area contributed by atoms with Crippen LogP contribution < -0.4 is 5.32 Å². The van der Waals surface area contributed by atoms with Gasteiger partial charge in [0.25, 0.3) is 0 Å². The standard InChI is InChI=1S/C18H19NO3S/c1-18(17(21)22-2)11-13(16(20)14-9-6-10-23-14)15(19-18)12-7-4-3-5-8-12/h3-10,13,15,19H,11H2,1-2H3/t13-,15-,18-/m1/s1. The maximum atomic E-state index is 12.9. The van der Waals surface area contributed by atoms with E-state index in [0.717, 1.165) is 10.4 Å². The summed E-state index contributed by atoms with van der Waals surface area (Å²) in [7, 11) is 1.38. The van der Waals surface area contributed by atoms with Crippen LogP contribution in [0.1, 0.15) is 34.6 Å². The minimum atomic E-state index is -0.854. The van der Waals surface area contributed by atoms with Crippen molar-refractivity contribution in [1.82, 2.24) is 5.32 Å². The molecule has 0 radical (unpaired) electrons. The number of thiophene rings is 1. The van der Waals surface area contributed by atoms with Gasteiger partial charge in [-0.05, 0) is 30.4 Å². The van der Waals surface area contributed by atoms with E-state index in [1.54, 1.807) is 6.92 Å². The van der Waals surface area contributed by atoms with Crippen LogP contribution in [0.25, 0.3) is 0 Å². The Kier molecular flexibility index (Phi) is 4.33. The third kappa shape index (κ3) is 2.94. The first-order valence-electron chi connectivity index (χ1n) is 7.54. The van der Waals surface area contributed by atoms with E-state index in [-0.39, 0.29) is 23.7 Å². The lowest BCUT2D eigenvalue weighted by Gasteiger charge is -2.22. The maximum absolute atomic E-state index is 12.9. The molecule has 3 atom stereocenters. The van der Waals surface area contributed by atoms with Crippen LogP contribution in [0.15, 0.2) is 47.8 Å². The minimum absolute atomic E-state index is 0.0778. The molecular weight excluding hydrogens is 310 g/mol. The average molecular weight is 329 g/mol. The predicted octanol–water partition coefficient (Wildman–Crippen LogP) is 3.21. The van der Waals surface area contributed by atoms with E-state index in [1.807, 2.05) is 47.8 Å². The van der Waals surface area contributed by atoms with Crippen LogP contribution in [0.5, 0.6) is 0 Å². The van der Waals surface area contributed by atoms with Gasteiger partial charge in [-0.25, -0.2) is 0 Å². The normalized spacial score (nSPS) is 26.9. The van der Waals surface area contributed by atoms with Gasteiger partial charge in [-0.2, -0.15) is 0 Å². The fourth-order valence-electron chi connectivity index (χ4n) is 3.25. The Hall–Kier alpha value is -1.98. The fraction of sp³-hybridized carbons (Fsp3) is 0.333. The van der Waals surface area contributed by atoms with Crippen molar-refractivity contribution in [2.24, 2.45) is 5.92 Å². The van der Waals surface area contributed by atoms with Gasteiger partial charge in [0.1, 0.15) is 5.54 Å². The number of rotatable bonds is 4. The Bertz CT molecular complexity index is 698. The predicted molar refractivity (Wildman–Crippen MR) is 89.5 cm³/mol. The number of ketones is 1. The number of hydrogen-bond donors (Lipinski definition) is 1. The monoisotopic (exact) mass is 329 g/mol. The molecule has 1 aromatic heterocycles. The first-order valence-corrected chi connectivity index (χ1v) is 8.42. The lowest BCUT2D eigenvalue weighted by atomic mass is 9.86. The third-order valence-corrected chi connectivity index (χ3v) is 5.28. The summed E-state index contributed by atoms with van der Waals surface area (Å²) >= 11 is 1.44. The van der Waals surface area contributed by atoms with Gasteiger partial charge in [-0.15, -0.1) is 11.3 Å². The van der Waals surface area contributed by atoms with Crippen molar-refractivity contribution in [3.8, 4) is 0 Å². The summed E-state index contributed by atoms with van der Waals surface area (Å²) in [5.41, 5.74) is 0.155. The topological polar surface area (TPSA) is 55.4 Å². The van der Waals surface area contributed by atoms with Crippen LogP contribution >= 0.6 is 11.3 Å². The van der Waals surface area contributed by atoms with E-state index >= 15 is 0 Å². The zero-order valence-corrected chi connectivity index (χ0v) is 13.9. The molecule has 1 aliphatic heterocycles. The molecule has 4 nitrogen and oxygen atoms in total. The van der Waals surface area contributed by atoms with E-state index in [2.05, 4.69) is 5.32 Å². The molecule has 0 spiro atoms. The summed E-state index contributed by atoms with van der Waals surface area (Å²) in [5.74, 6) is -0.547. The van der Waals surface area contributed by atoms with Crippen LogP contribution in [0.3, 0.4) is 0 Å². The van der Waals surface area contributed by atoms with Crippen molar-refractivity contribution >= 4 is 23.1 Å². The van der Waals surface area contributed by atoms with Crippen molar-refractivity contribution in [3.63, 3.8) is 0 Å². The summed E-state index contributed by atoms with van der Waals surface area (Å²) in [4.78, 5) is 25.8. The molecule has 3 rings (SSSR count). The first-order chi connectivity index (χ1) is 11.0. The smallest absolute Gasteiger partial charge is 0.325 e. The maximum Gasteiger partial charge on any atom is 0.325 e. The van der Waals surface area contributed by atoms with Crippen molar-refractivity contribution < 1.29 is 14.3 Å². The number of benzene rings is 1. The summed E-state index contributed by atoms with van der Waals surface area (Å²) in [6.45, 7) is 1.80.